The lowest BCUT2D eigenvalue weighted by Gasteiger charge is -2.11. The van der Waals surface area contributed by atoms with Crippen molar-refractivity contribution in [2.45, 2.75) is 6.92 Å². The van der Waals surface area contributed by atoms with Crippen molar-refractivity contribution in [2.75, 3.05) is 0 Å². The van der Waals surface area contributed by atoms with Gasteiger partial charge in [0.25, 0.3) is 0 Å². The summed E-state index contributed by atoms with van der Waals surface area (Å²) in [5, 5.41) is 9.01. The molecule has 0 aromatic heterocycles. The summed E-state index contributed by atoms with van der Waals surface area (Å²) < 4.78 is 19.3. The number of carbonyl (C=O) groups is 1. The molecule has 0 atom stereocenters. The van der Waals surface area contributed by atoms with Crippen molar-refractivity contribution in [3.63, 3.8) is 0 Å². The molecule has 108 valence electrons. The SMILES string of the molecule is Cc1ccc(F)c(Oc2cccc(Cl)c2C=CC(=O)O)c1. The second-order valence-electron chi connectivity index (χ2n) is 4.36. The molecule has 2 aromatic rings. The Morgan fingerprint density at radius 3 is 2.76 bits per heavy atom. The molecule has 0 aliphatic rings. The minimum atomic E-state index is -1.11. The van der Waals surface area contributed by atoms with Crippen LogP contribution in [0.4, 0.5) is 4.39 Å². The molecule has 1 N–H and O–H groups in total. The van der Waals surface area contributed by atoms with Gasteiger partial charge in [-0.2, -0.15) is 0 Å². The van der Waals surface area contributed by atoms with E-state index in [0.717, 1.165) is 11.6 Å². The van der Waals surface area contributed by atoms with Crippen LogP contribution in [0.2, 0.25) is 5.02 Å². The molecule has 0 spiro atoms. The largest absolute Gasteiger partial charge is 0.478 e. The van der Waals surface area contributed by atoms with Gasteiger partial charge < -0.3 is 9.84 Å². The molecular weight excluding hydrogens is 295 g/mol. The first-order valence-electron chi connectivity index (χ1n) is 6.11. The highest BCUT2D eigenvalue weighted by Crippen LogP contribution is 2.33. The number of aliphatic carboxylic acids is 1. The van der Waals surface area contributed by atoms with Gasteiger partial charge in [-0.15, -0.1) is 0 Å². The van der Waals surface area contributed by atoms with Crippen LogP contribution >= 0.6 is 11.6 Å². The smallest absolute Gasteiger partial charge is 0.328 e. The molecule has 0 amide bonds. The molecule has 0 bridgehead atoms. The van der Waals surface area contributed by atoms with E-state index in [-0.39, 0.29) is 11.5 Å². The molecule has 2 rings (SSSR count). The first-order valence-corrected chi connectivity index (χ1v) is 6.48. The number of hydrogen-bond donors (Lipinski definition) is 1. The molecule has 0 saturated carbocycles. The van der Waals surface area contributed by atoms with E-state index in [1.54, 1.807) is 30.3 Å². The first-order chi connectivity index (χ1) is 9.97. The van der Waals surface area contributed by atoms with E-state index < -0.39 is 11.8 Å². The van der Waals surface area contributed by atoms with Crippen molar-refractivity contribution in [1.82, 2.24) is 0 Å². The van der Waals surface area contributed by atoms with E-state index in [2.05, 4.69) is 0 Å². The summed E-state index contributed by atoms with van der Waals surface area (Å²) in [7, 11) is 0. The number of benzene rings is 2. The number of aryl methyl sites for hydroxylation is 1. The first kappa shape index (κ1) is 15.1. The summed E-state index contributed by atoms with van der Waals surface area (Å²) in [6.45, 7) is 1.81. The van der Waals surface area contributed by atoms with Gasteiger partial charge in [-0.3, -0.25) is 0 Å². The Hall–Kier alpha value is -2.33. The highest BCUT2D eigenvalue weighted by Gasteiger charge is 2.10. The van der Waals surface area contributed by atoms with Crippen LogP contribution in [-0.2, 0) is 4.79 Å². The Kier molecular flexibility index (Phi) is 4.60. The van der Waals surface area contributed by atoms with Gasteiger partial charge in [0.05, 0.1) is 5.02 Å². The molecule has 0 aliphatic carbocycles. The molecule has 3 nitrogen and oxygen atoms in total. The summed E-state index contributed by atoms with van der Waals surface area (Å²) in [6.07, 6.45) is 2.26. The molecular formula is C16H12ClFO3. The fourth-order valence-electron chi connectivity index (χ4n) is 1.73. The van der Waals surface area contributed by atoms with Gasteiger partial charge in [0.1, 0.15) is 5.75 Å². The fraction of sp³-hybridized carbons (Fsp3) is 0.0625. The third-order valence-electron chi connectivity index (χ3n) is 2.71. The quantitative estimate of drug-likeness (QED) is 0.834. The van der Waals surface area contributed by atoms with Crippen molar-refractivity contribution in [2.24, 2.45) is 0 Å². The summed E-state index contributed by atoms with van der Waals surface area (Å²) in [6, 6.07) is 9.33. The van der Waals surface area contributed by atoms with Crippen LogP contribution in [0.25, 0.3) is 6.08 Å². The monoisotopic (exact) mass is 306 g/mol. The van der Waals surface area contributed by atoms with E-state index >= 15 is 0 Å². The van der Waals surface area contributed by atoms with Crippen LogP contribution in [0.1, 0.15) is 11.1 Å². The van der Waals surface area contributed by atoms with E-state index in [4.69, 9.17) is 21.4 Å². The van der Waals surface area contributed by atoms with E-state index in [1.807, 2.05) is 6.92 Å². The van der Waals surface area contributed by atoms with Crippen molar-refractivity contribution in [3.05, 3.63) is 64.4 Å². The zero-order valence-electron chi connectivity index (χ0n) is 11.1. The molecule has 0 aliphatic heterocycles. The van der Waals surface area contributed by atoms with Crippen molar-refractivity contribution in [1.29, 1.82) is 0 Å². The lowest BCUT2D eigenvalue weighted by Crippen LogP contribution is -1.93. The zero-order valence-corrected chi connectivity index (χ0v) is 11.9. The number of carboxylic acids is 1. The van der Waals surface area contributed by atoms with E-state index in [1.165, 1.54) is 12.1 Å². The average molecular weight is 307 g/mol. The second kappa shape index (κ2) is 6.41. The predicted octanol–water partition coefficient (Wildman–Crippen LogP) is 4.68. The summed E-state index contributed by atoms with van der Waals surface area (Å²) in [4.78, 5) is 10.6. The van der Waals surface area contributed by atoms with Gasteiger partial charge in [0, 0.05) is 11.6 Å². The van der Waals surface area contributed by atoms with Gasteiger partial charge >= 0.3 is 5.97 Å². The third kappa shape index (κ3) is 3.83. The Bertz CT molecular complexity index is 711. The minimum absolute atomic E-state index is 0.0576. The Balaban J connectivity index is 2.42. The van der Waals surface area contributed by atoms with Crippen LogP contribution in [0.5, 0.6) is 11.5 Å². The van der Waals surface area contributed by atoms with Gasteiger partial charge in [-0.05, 0) is 42.8 Å². The number of carboxylic acid groups (broad SMARTS) is 1. The maximum atomic E-state index is 13.7. The van der Waals surface area contributed by atoms with Crippen LogP contribution in [-0.4, -0.2) is 11.1 Å². The fourth-order valence-corrected chi connectivity index (χ4v) is 1.96. The van der Waals surface area contributed by atoms with Gasteiger partial charge in [-0.25, -0.2) is 9.18 Å². The zero-order chi connectivity index (χ0) is 15.4. The molecule has 2 aromatic carbocycles. The third-order valence-corrected chi connectivity index (χ3v) is 3.04. The van der Waals surface area contributed by atoms with Gasteiger partial charge in [-0.1, -0.05) is 23.7 Å². The van der Waals surface area contributed by atoms with Crippen LogP contribution in [0, 0.1) is 12.7 Å². The van der Waals surface area contributed by atoms with Crippen LogP contribution in [0.3, 0.4) is 0 Å². The molecule has 5 heteroatoms. The van der Waals surface area contributed by atoms with E-state index in [9.17, 15) is 9.18 Å². The van der Waals surface area contributed by atoms with Gasteiger partial charge in [0.2, 0.25) is 0 Å². The van der Waals surface area contributed by atoms with Crippen LogP contribution < -0.4 is 4.74 Å². The highest BCUT2D eigenvalue weighted by atomic mass is 35.5. The van der Waals surface area contributed by atoms with Crippen molar-refractivity contribution >= 4 is 23.6 Å². The highest BCUT2D eigenvalue weighted by molar-refractivity contribution is 6.32. The lowest BCUT2D eigenvalue weighted by atomic mass is 10.1. The second-order valence-corrected chi connectivity index (χ2v) is 4.77. The Labute approximate surface area is 126 Å². The van der Waals surface area contributed by atoms with Crippen molar-refractivity contribution in [3.8, 4) is 11.5 Å². The molecule has 0 unspecified atom stereocenters. The molecule has 21 heavy (non-hydrogen) atoms. The normalized spacial score (nSPS) is 10.8. The number of halogens is 2. The van der Waals surface area contributed by atoms with Crippen LogP contribution in [0.15, 0.2) is 42.5 Å². The number of hydrogen-bond acceptors (Lipinski definition) is 2. The van der Waals surface area contributed by atoms with Gasteiger partial charge in [0.15, 0.2) is 11.6 Å². The van der Waals surface area contributed by atoms with E-state index in [0.29, 0.717) is 10.6 Å². The Morgan fingerprint density at radius 2 is 2.05 bits per heavy atom. The lowest BCUT2D eigenvalue weighted by molar-refractivity contribution is -0.131. The topological polar surface area (TPSA) is 46.5 Å². The average Bonchev–Trinajstić information content (AvgIpc) is 2.42. The summed E-state index contributed by atoms with van der Waals surface area (Å²) >= 11 is 6.03. The summed E-state index contributed by atoms with van der Waals surface area (Å²) in [5.74, 6) is -1.27. The minimum Gasteiger partial charge on any atom is -0.478 e. The number of rotatable bonds is 4. The maximum absolute atomic E-state index is 13.7. The molecule has 0 heterocycles. The summed E-state index contributed by atoms with van der Waals surface area (Å²) in [5.41, 5.74) is 1.22. The molecule has 0 saturated heterocycles. The Morgan fingerprint density at radius 1 is 1.29 bits per heavy atom. The molecule has 0 radical (unpaired) electrons. The maximum Gasteiger partial charge on any atom is 0.328 e. The van der Waals surface area contributed by atoms with Crippen molar-refractivity contribution < 1.29 is 19.0 Å². The molecule has 0 fully saturated rings. The standard InChI is InChI=1S/C16H12ClFO3/c1-10-5-7-13(18)15(9-10)21-14-4-2-3-12(17)11(14)6-8-16(19)20/h2-9H,1H3,(H,19,20). The number of ether oxygens (including phenoxy) is 1. The predicted molar refractivity (Wildman–Crippen MR) is 79.3 cm³/mol.